The number of carbonyl (C=O) groups is 2. The van der Waals surface area contributed by atoms with Gasteiger partial charge >= 0.3 is 6.03 Å². The predicted octanol–water partition coefficient (Wildman–Crippen LogP) is 2.48. The summed E-state index contributed by atoms with van der Waals surface area (Å²) in [6, 6.07) is 12.4. The largest absolute Gasteiger partial charge is 0.497 e. The van der Waals surface area contributed by atoms with Gasteiger partial charge in [-0.15, -0.1) is 0 Å². The summed E-state index contributed by atoms with van der Waals surface area (Å²) in [5, 5.41) is 9.65. The van der Waals surface area contributed by atoms with Crippen LogP contribution in [0.1, 0.15) is 27.9 Å². The van der Waals surface area contributed by atoms with Gasteiger partial charge in [-0.2, -0.15) is 0 Å². The summed E-state index contributed by atoms with van der Waals surface area (Å²) in [7, 11) is 1.65. The number of aryl methyl sites for hydroxylation is 1. The molecular weight excluding hydrogens is 386 g/mol. The second-order valence-corrected chi connectivity index (χ2v) is 7.12. The molecule has 0 aromatic heterocycles. The van der Waals surface area contributed by atoms with E-state index < -0.39 is 6.03 Å². The number of nitrogens with two attached hydrogens (primary N) is 1. The van der Waals surface area contributed by atoms with Gasteiger partial charge in [0.15, 0.2) is 0 Å². The summed E-state index contributed by atoms with van der Waals surface area (Å²) in [4.78, 5) is 25.5. The topological polar surface area (TPSA) is 105 Å². The van der Waals surface area contributed by atoms with E-state index in [2.05, 4.69) is 0 Å². The van der Waals surface area contributed by atoms with Gasteiger partial charge in [-0.05, 0) is 60.7 Å². The van der Waals surface area contributed by atoms with Crippen LogP contribution in [-0.4, -0.2) is 60.5 Å². The van der Waals surface area contributed by atoms with Crippen LogP contribution in [0.15, 0.2) is 42.5 Å². The molecule has 8 heteroatoms. The van der Waals surface area contributed by atoms with Crippen molar-refractivity contribution in [3.63, 3.8) is 0 Å². The zero-order valence-corrected chi connectivity index (χ0v) is 17.0. The van der Waals surface area contributed by atoms with E-state index in [4.69, 9.17) is 15.2 Å². The van der Waals surface area contributed by atoms with Gasteiger partial charge in [0, 0.05) is 18.7 Å². The molecule has 1 heterocycles. The molecule has 3 amide bonds. The summed E-state index contributed by atoms with van der Waals surface area (Å²) in [6.07, 6.45) is 2.56. The number of hydrogen-bond donors (Lipinski definition) is 2. The smallest absolute Gasteiger partial charge is 0.338 e. The van der Waals surface area contributed by atoms with Crippen molar-refractivity contribution in [3.8, 4) is 11.5 Å². The Morgan fingerprint density at radius 1 is 1.20 bits per heavy atom. The molecule has 0 aliphatic carbocycles. The maximum Gasteiger partial charge on any atom is 0.338 e. The summed E-state index contributed by atoms with van der Waals surface area (Å²) < 4.78 is 10.7. The number of primary amides is 1. The van der Waals surface area contributed by atoms with E-state index in [-0.39, 0.29) is 19.1 Å². The van der Waals surface area contributed by atoms with Gasteiger partial charge in [0.2, 0.25) is 0 Å². The predicted molar refractivity (Wildman–Crippen MR) is 111 cm³/mol. The van der Waals surface area contributed by atoms with E-state index in [0.29, 0.717) is 29.5 Å². The quantitative estimate of drug-likeness (QED) is 0.485. The van der Waals surface area contributed by atoms with Gasteiger partial charge < -0.3 is 20.1 Å². The van der Waals surface area contributed by atoms with Crippen molar-refractivity contribution in [3.05, 3.63) is 59.2 Å². The van der Waals surface area contributed by atoms with Gasteiger partial charge in [-0.3, -0.25) is 10.0 Å². The first kappa shape index (κ1) is 21.4. The second-order valence-electron chi connectivity index (χ2n) is 7.12. The summed E-state index contributed by atoms with van der Waals surface area (Å²) in [5.41, 5.74) is 7.81. The number of hydrogen-bond acceptors (Lipinski definition) is 5. The standard InChI is InChI=1S/C22H27N3O5/c1-29-18-6-4-16(5-7-18)3-2-11-24-12-10-17-15-19(8-9-20(17)21(24)26)30-14-13-25(28)22(23)27/h4-9,15,28H,2-3,10-14H2,1H3,(H2,23,27). The average molecular weight is 413 g/mol. The maximum absolute atomic E-state index is 12.8. The molecule has 160 valence electrons. The third-order valence-electron chi connectivity index (χ3n) is 5.12. The Labute approximate surface area is 175 Å². The normalized spacial score (nSPS) is 13.0. The number of ether oxygens (including phenoxy) is 2. The van der Waals surface area contributed by atoms with Crippen molar-refractivity contribution in [2.75, 3.05) is 33.4 Å². The lowest BCUT2D eigenvalue weighted by molar-refractivity contribution is -0.0464. The highest BCUT2D eigenvalue weighted by atomic mass is 16.5. The van der Waals surface area contributed by atoms with Gasteiger partial charge in [0.25, 0.3) is 5.91 Å². The third kappa shape index (κ3) is 5.42. The number of fused-ring (bicyclic) bond motifs is 1. The summed E-state index contributed by atoms with van der Waals surface area (Å²) >= 11 is 0. The molecule has 3 N–H and O–H groups in total. The van der Waals surface area contributed by atoms with E-state index in [1.807, 2.05) is 35.2 Å². The molecule has 30 heavy (non-hydrogen) atoms. The first-order chi connectivity index (χ1) is 14.5. The van der Waals surface area contributed by atoms with Crippen LogP contribution in [0, 0.1) is 0 Å². The van der Waals surface area contributed by atoms with Gasteiger partial charge in [0.1, 0.15) is 18.1 Å². The van der Waals surface area contributed by atoms with E-state index >= 15 is 0 Å². The van der Waals surface area contributed by atoms with E-state index in [0.717, 1.165) is 30.6 Å². The Morgan fingerprint density at radius 3 is 2.63 bits per heavy atom. The van der Waals surface area contributed by atoms with Crippen molar-refractivity contribution < 1.29 is 24.3 Å². The Bertz CT molecular complexity index is 885. The molecule has 0 unspecified atom stereocenters. The van der Waals surface area contributed by atoms with Crippen molar-refractivity contribution in [1.82, 2.24) is 9.96 Å². The molecule has 0 radical (unpaired) electrons. The number of methoxy groups -OCH3 is 1. The van der Waals surface area contributed by atoms with Crippen LogP contribution in [0.2, 0.25) is 0 Å². The van der Waals surface area contributed by atoms with Crippen LogP contribution < -0.4 is 15.2 Å². The average Bonchev–Trinajstić information content (AvgIpc) is 2.75. The fraction of sp³-hybridized carbons (Fsp3) is 0.364. The van der Waals surface area contributed by atoms with E-state index in [1.165, 1.54) is 5.56 Å². The number of nitrogens with zero attached hydrogens (tertiary/aromatic N) is 2. The summed E-state index contributed by atoms with van der Waals surface area (Å²) in [5.74, 6) is 1.46. The first-order valence-electron chi connectivity index (χ1n) is 9.91. The highest BCUT2D eigenvalue weighted by Gasteiger charge is 2.24. The lowest BCUT2D eigenvalue weighted by atomic mass is 9.98. The fourth-order valence-corrected chi connectivity index (χ4v) is 3.44. The molecular formula is C22H27N3O5. The van der Waals surface area contributed by atoms with Crippen LogP contribution in [0.3, 0.4) is 0 Å². The van der Waals surface area contributed by atoms with Crippen LogP contribution in [0.5, 0.6) is 11.5 Å². The van der Waals surface area contributed by atoms with Crippen molar-refractivity contribution >= 4 is 11.9 Å². The second kappa shape index (κ2) is 9.98. The molecule has 1 aliphatic rings. The molecule has 8 nitrogen and oxygen atoms in total. The SMILES string of the molecule is COc1ccc(CCCN2CCc3cc(OCCN(O)C(N)=O)ccc3C2=O)cc1. The summed E-state index contributed by atoms with van der Waals surface area (Å²) in [6.45, 7) is 1.45. The van der Waals surface area contributed by atoms with Gasteiger partial charge in [-0.1, -0.05) is 12.1 Å². The molecule has 0 atom stereocenters. The highest BCUT2D eigenvalue weighted by Crippen LogP contribution is 2.24. The number of carbonyl (C=O) groups excluding carboxylic acids is 2. The van der Waals surface area contributed by atoms with Crippen molar-refractivity contribution in [1.29, 1.82) is 0 Å². The van der Waals surface area contributed by atoms with Gasteiger partial charge in [0.05, 0.1) is 13.7 Å². The monoisotopic (exact) mass is 413 g/mol. The lowest BCUT2D eigenvalue weighted by Gasteiger charge is -2.29. The van der Waals surface area contributed by atoms with Gasteiger partial charge in [-0.25, -0.2) is 9.86 Å². The molecule has 3 rings (SSSR count). The van der Waals surface area contributed by atoms with Crippen LogP contribution >= 0.6 is 0 Å². The molecule has 0 bridgehead atoms. The Morgan fingerprint density at radius 2 is 1.93 bits per heavy atom. The minimum absolute atomic E-state index is 0.0344. The number of rotatable bonds is 9. The molecule has 0 saturated heterocycles. The van der Waals surface area contributed by atoms with Crippen LogP contribution in [0.25, 0.3) is 0 Å². The number of amides is 3. The Balaban J connectivity index is 1.50. The molecule has 1 aliphatic heterocycles. The highest BCUT2D eigenvalue weighted by molar-refractivity contribution is 5.96. The zero-order valence-electron chi connectivity index (χ0n) is 17.0. The molecule has 2 aromatic rings. The molecule has 2 aromatic carbocycles. The lowest BCUT2D eigenvalue weighted by Crippen LogP contribution is -2.38. The number of urea groups is 1. The van der Waals surface area contributed by atoms with Crippen LogP contribution in [0.4, 0.5) is 4.79 Å². The number of hydroxylamine groups is 2. The zero-order chi connectivity index (χ0) is 21.5. The molecule has 0 saturated carbocycles. The minimum atomic E-state index is -0.929. The third-order valence-corrected chi connectivity index (χ3v) is 5.12. The molecule has 0 fully saturated rings. The fourth-order valence-electron chi connectivity index (χ4n) is 3.44. The van der Waals surface area contributed by atoms with Crippen molar-refractivity contribution in [2.45, 2.75) is 19.3 Å². The molecule has 0 spiro atoms. The number of benzene rings is 2. The van der Waals surface area contributed by atoms with E-state index in [9.17, 15) is 14.8 Å². The van der Waals surface area contributed by atoms with E-state index in [1.54, 1.807) is 19.2 Å². The Kier molecular flexibility index (Phi) is 7.13. The first-order valence-corrected chi connectivity index (χ1v) is 9.91. The Hall–Kier alpha value is -3.26. The van der Waals surface area contributed by atoms with Crippen LogP contribution in [-0.2, 0) is 12.8 Å². The van der Waals surface area contributed by atoms with Crippen molar-refractivity contribution in [2.24, 2.45) is 5.73 Å². The minimum Gasteiger partial charge on any atom is -0.497 e. The maximum atomic E-state index is 12.8.